The van der Waals surface area contributed by atoms with Gasteiger partial charge in [0.25, 0.3) is 5.95 Å². The minimum absolute atomic E-state index is 0.372. The lowest BCUT2D eigenvalue weighted by atomic mass is 10.2. The first-order chi connectivity index (χ1) is 12.1. The molecule has 0 fully saturated rings. The topological polar surface area (TPSA) is 81.1 Å². The number of rotatable bonds is 6. The molecule has 3 rings (SSSR count). The number of nitrogen functional groups attached to an aromatic ring is 1. The van der Waals surface area contributed by atoms with E-state index in [0.29, 0.717) is 16.1 Å². The second-order valence-corrected chi connectivity index (χ2v) is 6.75. The third-order valence-electron chi connectivity index (χ3n) is 3.40. The van der Waals surface area contributed by atoms with E-state index in [1.54, 1.807) is 18.3 Å². The van der Waals surface area contributed by atoms with Crippen LogP contribution in [0.4, 0.5) is 5.95 Å². The SMILES string of the molecule is Cc1ccc(CSc2nnc(N/N=C/c3ccc(Cl)cc3)n2N)cc1. The molecule has 0 amide bonds. The fourth-order valence-electron chi connectivity index (χ4n) is 2.00. The molecule has 0 unspecified atom stereocenters. The Hall–Kier alpha value is -2.51. The molecule has 0 aliphatic carbocycles. The first kappa shape index (κ1) is 17.3. The van der Waals surface area contributed by atoms with Gasteiger partial charge < -0.3 is 5.84 Å². The van der Waals surface area contributed by atoms with Crippen molar-refractivity contribution in [1.82, 2.24) is 14.9 Å². The Morgan fingerprint density at radius 1 is 1.16 bits per heavy atom. The number of thioether (sulfide) groups is 1. The van der Waals surface area contributed by atoms with Gasteiger partial charge in [0, 0.05) is 10.8 Å². The molecule has 0 saturated carbocycles. The Balaban J connectivity index is 1.58. The van der Waals surface area contributed by atoms with E-state index in [1.165, 1.54) is 27.6 Å². The molecule has 3 N–H and O–H groups in total. The quantitative estimate of drug-likeness (QED) is 0.298. The number of nitrogens with two attached hydrogens (primary N) is 1. The van der Waals surface area contributed by atoms with Crippen molar-refractivity contribution in [2.75, 3.05) is 11.3 Å². The van der Waals surface area contributed by atoms with E-state index in [1.807, 2.05) is 12.1 Å². The van der Waals surface area contributed by atoms with E-state index in [2.05, 4.69) is 51.9 Å². The molecule has 0 atom stereocenters. The van der Waals surface area contributed by atoms with Crippen molar-refractivity contribution >= 4 is 35.5 Å². The third kappa shape index (κ3) is 4.74. The summed E-state index contributed by atoms with van der Waals surface area (Å²) in [5.74, 6) is 7.15. The monoisotopic (exact) mass is 372 g/mol. The van der Waals surface area contributed by atoms with Crippen LogP contribution in [0.3, 0.4) is 0 Å². The van der Waals surface area contributed by atoms with Gasteiger partial charge in [-0.2, -0.15) is 5.10 Å². The summed E-state index contributed by atoms with van der Waals surface area (Å²) in [5.41, 5.74) is 6.14. The van der Waals surface area contributed by atoms with Crippen LogP contribution in [0.2, 0.25) is 5.02 Å². The zero-order valence-electron chi connectivity index (χ0n) is 13.6. The predicted molar refractivity (Wildman–Crippen MR) is 104 cm³/mol. The van der Waals surface area contributed by atoms with E-state index in [0.717, 1.165) is 11.3 Å². The first-order valence-electron chi connectivity index (χ1n) is 7.55. The number of aromatic nitrogens is 3. The molecule has 128 valence electrons. The second-order valence-electron chi connectivity index (χ2n) is 5.37. The van der Waals surface area contributed by atoms with Gasteiger partial charge in [0.05, 0.1) is 6.21 Å². The van der Waals surface area contributed by atoms with Crippen LogP contribution in [0.15, 0.2) is 58.8 Å². The Labute approximate surface area is 155 Å². The zero-order chi connectivity index (χ0) is 17.6. The number of nitrogens with one attached hydrogen (secondary N) is 1. The summed E-state index contributed by atoms with van der Waals surface area (Å²) in [6, 6.07) is 15.7. The maximum Gasteiger partial charge on any atom is 0.264 e. The second kappa shape index (κ2) is 8.04. The molecular formula is C17H17ClN6S. The van der Waals surface area contributed by atoms with Crippen LogP contribution < -0.4 is 11.3 Å². The average molecular weight is 373 g/mol. The number of hydrogen-bond acceptors (Lipinski definition) is 6. The Morgan fingerprint density at radius 2 is 1.88 bits per heavy atom. The number of anilines is 1. The molecule has 6 nitrogen and oxygen atoms in total. The molecule has 1 aromatic heterocycles. The normalized spacial score (nSPS) is 11.1. The van der Waals surface area contributed by atoms with Gasteiger partial charge in [-0.15, -0.1) is 10.2 Å². The van der Waals surface area contributed by atoms with Gasteiger partial charge >= 0.3 is 0 Å². The first-order valence-corrected chi connectivity index (χ1v) is 8.91. The summed E-state index contributed by atoms with van der Waals surface area (Å²) in [6.07, 6.45) is 1.66. The van der Waals surface area contributed by atoms with Crippen molar-refractivity contribution in [1.29, 1.82) is 0 Å². The number of hydrogen-bond donors (Lipinski definition) is 2. The molecule has 2 aromatic carbocycles. The minimum atomic E-state index is 0.372. The fourth-order valence-corrected chi connectivity index (χ4v) is 2.94. The van der Waals surface area contributed by atoms with Gasteiger partial charge in [0.1, 0.15) is 0 Å². The highest BCUT2D eigenvalue weighted by atomic mass is 35.5. The van der Waals surface area contributed by atoms with Crippen LogP contribution in [0.5, 0.6) is 0 Å². The van der Waals surface area contributed by atoms with E-state index in [-0.39, 0.29) is 0 Å². The van der Waals surface area contributed by atoms with Gasteiger partial charge in [-0.05, 0) is 30.2 Å². The smallest absolute Gasteiger partial charge is 0.264 e. The van der Waals surface area contributed by atoms with Crippen LogP contribution >= 0.6 is 23.4 Å². The van der Waals surface area contributed by atoms with E-state index in [9.17, 15) is 0 Å². The van der Waals surface area contributed by atoms with Crippen molar-refractivity contribution in [2.45, 2.75) is 17.8 Å². The molecule has 0 aliphatic rings. The molecule has 1 heterocycles. The molecule has 8 heteroatoms. The van der Waals surface area contributed by atoms with E-state index in [4.69, 9.17) is 17.4 Å². The molecule has 0 spiro atoms. The van der Waals surface area contributed by atoms with Gasteiger partial charge in [-0.3, -0.25) is 0 Å². The number of hydrazone groups is 1. The van der Waals surface area contributed by atoms with Crippen LogP contribution in [0, 0.1) is 6.92 Å². The maximum atomic E-state index is 6.01. The molecular weight excluding hydrogens is 356 g/mol. The Kier molecular flexibility index (Phi) is 5.57. The van der Waals surface area contributed by atoms with Crippen molar-refractivity contribution in [3.8, 4) is 0 Å². The van der Waals surface area contributed by atoms with E-state index < -0.39 is 0 Å². The van der Waals surface area contributed by atoms with Crippen molar-refractivity contribution in [3.63, 3.8) is 0 Å². The van der Waals surface area contributed by atoms with Crippen LogP contribution in [0.25, 0.3) is 0 Å². The molecule has 3 aromatic rings. The largest absolute Gasteiger partial charge is 0.334 e. The number of nitrogens with zero attached hydrogens (tertiary/aromatic N) is 4. The number of halogens is 1. The zero-order valence-corrected chi connectivity index (χ0v) is 15.1. The third-order valence-corrected chi connectivity index (χ3v) is 4.67. The van der Waals surface area contributed by atoms with Crippen LogP contribution in [0.1, 0.15) is 16.7 Å². The lowest BCUT2D eigenvalue weighted by Crippen LogP contribution is -2.13. The maximum absolute atomic E-state index is 6.01. The van der Waals surface area contributed by atoms with Crippen molar-refractivity contribution in [2.24, 2.45) is 5.10 Å². The van der Waals surface area contributed by atoms with Crippen molar-refractivity contribution in [3.05, 3.63) is 70.2 Å². The number of aryl methyl sites for hydroxylation is 1. The lowest BCUT2D eigenvalue weighted by molar-refractivity contribution is 0.847. The Morgan fingerprint density at radius 3 is 2.60 bits per heavy atom. The van der Waals surface area contributed by atoms with Gasteiger partial charge in [-0.1, -0.05) is 65.3 Å². The summed E-state index contributed by atoms with van der Waals surface area (Å²) >= 11 is 7.36. The van der Waals surface area contributed by atoms with Gasteiger partial charge in [0.2, 0.25) is 5.16 Å². The van der Waals surface area contributed by atoms with Gasteiger partial charge in [0.15, 0.2) is 0 Å². The summed E-state index contributed by atoms with van der Waals surface area (Å²) in [6.45, 7) is 2.07. The highest BCUT2D eigenvalue weighted by molar-refractivity contribution is 7.98. The highest BCUT2D eigenvalue weighted by Gasteiger charge is 2.09. The predicted octanol–water partition coefficient (Wildman–Crippen LogP) is 3.69. The van der Waals surface area contributed by atoms with E-state index >= 15 is 0 Å². The standard InChI is InChI=1S/C17H17ClN6S/c1-12-2-4-14(5-3-12)11-25-17-23-22-16(24(17)19)21-20-10-13-6-8-15(18)9-7-13/h2-10H,11,19H2,1H3,(H,21,22)/b20-10+. The molecule has 0 bridgehead atoms. The summed E-state index contributed by atoms with van der Waals surface area (Å²) in [7, 11) is 0. The molecule has 0 saturated heterocycles. The summed E-state index contributed by atoms with van der Waals surface area (Å²) < 4.78 is 1.39. The average Bonchev–Trinajstić information content (AvgIpc) is 2.96. The summed E-state index contributed by atoms with van der Waals surface area (Å²) in [4.78, 5) is 0. The highest BCUT2D eigenvalue weighted by Crippen LogP contribution is 2.21. The number of benzene rings is 2. The van der Waals surface area contributed by atoms with Gasteiger partial charge in [-0.25, -0.2) is 10.1 Å². The molecule has 0 radical (unpaired) electrons. The molecule has 25 heavy (non-hydrogen) atoms. The van der Waals surface area contributed by atoms with Crippen LogP contribution in [-0.2, 0) is 5.75 Å². The lowest BCUT2D eigenvalue weighted by Gasteiger charge is -2.03. The molecule has 0 aliphatic heterocycles. The van der Waals surface area contributed by atoms with Crippen molar-refractivity contribution < 1.29 is 0 Å². The van der Waals surface area contributed by atoms with Crippen LogP contribution in [-0.4, -0.2) is 21.1 Å². The Bertz CT molecular complexity index is 858. The fraction of sp³-hybridized carbons (Fsp3) is 0.118. The minimum Gasteiger partial charge on any atom is -0.334 e. The summed E-state index contributed by atoms with van der Waals surface area (Å²) in [5, 5.41) is 13.5.